The largest absolute Gasteiger partial charge is 0.489 e. The minimum Gasteiger partial charge on any atom is -0.489 e. The van der Waals surface area contributed by atoms with Crippen LogP contribution in [-0.4, -0.2) is 89.6 Å². The molecule has 3 saturated carbocycles. The summed E-state index contributed by atoms with van der Waals surface area (Å²) in [7, 11) is -3.96. The molecule has 2 unspecified atom stereocenters. The first-order chi connectivity index (χ1) is 29.5. The van der Waals surface area contributed by atoms with Crippen molar-refractivity contribution >= 4 is 44.5 Å². The molecule has 13 nitrogen and oxygen atoms in total. The lowest BCUT2D eigenvalue weighted by atomic mass is 9.77. The van der Waals surface area contributed by atoms with Crippen LogP contribution in [0.1, 0.15) is 130 Å². The number of nitrogens with one attached hydrogen (secondary N) is 2. The fraction of sp³-hybridized carbons (Fsp3) is 0.688. The molecule has 3 saturated heterocycles. The number of hydrogen-bond donors (Lipinski definition) is 2. The number of amides is 2. The minimum absolute atomic E-state index is 0.0376. The van der Waals surface area contributed by atoms with Gasteiger partial charge in [0.25, 0.3) is 0 Å². The summed E-state index contributed by atoms with van der Waals surface area (Å²) in [6.45, 7) is 11.3. The van der Waals surface area contributed by atoms with Crippen molar-refractivity contribution in [3.05, 3.63) is 42.5 Å². The number of allylic oxidation sites excluding steroid dienone is 1. The molecule has 336 valence electrons. The predicted molar refractivity (Wildman–Crippen MR) is 233 cm³/mol. The van der Waals surface area contributed by atoms with E-state index in [1.807, 2.05) is 39.0 Å². The molecule has 3 aliphatic carbocycles. The molecule has 2 amide bonds. The number of nitrogens with zero attached hydrogens (tertiary/aromatic N) is 2. The second-order valence-electron chi connectivity index (χ2n) is 21.0. The van der Waals surface area contributed by atoms with Crippen molar-refractivity contribution < 1.29 is 41.8 Å². The van der Waals surface area contributed by atoms with E-state index in [4.69, 9.17) is 19.2 Å². The van der Waals surface area contributed by atoms with Crippen molar-refractivity contribution in [2.75, 3.05) is 6.54 Å². The third-order valence-electron chi connectivity index (χ3n) is 15.4. The van der Waals surface area contributed by atoms with Gasteiger partial charge in [-0.2, -0.15) is 0 Å². The van der Waals surface area contributed by atoms with E-state index in [0.29, 0.717) is 43.1 Å². The second kappa shape index (κ2) is 16.2. The first-order valence-corrected chi connectivity index (χ1v) is 24.7. The van der Waals surface area contributed by atoms with Crippen molar-refractivity contribution in [1.29, 1.82) is 0 Å². The molecular formula is C48H64N4O9S. The molecule has 9 atom stereocenters. The van der Waals surface area contributed by atoms with Gasteiger partial charge in [-0.1, -0.05) is 51.8 Å². The summed E-state index contributed by atoms with van der Waals surface area (Å²) in [5.41, 5.74) is -0.351. The molecule has 5 heterocycles. The number of rotatable bonds is 9. The molecule has 6 fully saturated rings. The molecule has 4 bridgehead atoms. The fourth-order valence-electron chi connectivity index (χ4n) is 10.8. The van der Waals surface area contributed by atoms with Gasteiger partial charge in [0.1, 0.15) is 24.1 Å². The van der Waals surface area contributed by atoms with Crippen LogP contribution < -0.4 is 19.5 Å². The number of fused-ring (bicyclic) bond motifs is 7. The van der Waals surface area contributed by atoms with Gasteiger partial charge < -0.3 is 24.4 Å². The van der Waals surface area contributed by atoms with E-state index in [1.165, 1.54) is 0 Å². The Morgan fingerprint density at radius 2 is 1.77 bits per heavy atom. The third kappa shape index (κ3) is 8.51. The summed E-state index contributed by atoms with van der Waals surface area (Å²) >= 11 is 0. The summed E-state index contributed by atoms with van der Waals surface area (Å²) in [4.78, 5) is 63.9. The van der Waals surface area contributed by atoms with Crippen LogP contribution in [0.4, 0.5) is 0 Å². The molecule has 7 aliphatic rings. The number of para-hydroxylation sites is 1. The zero-order chi connectivity index (χ0) is 43.8. The SMILES string of the molecule is C=C[C@@H]1C[C@]1(CC(=O)[C@@H]1C[C@@H]2CN1C(=O)[C@H](C(C)(C)C)CC(=O)O[C@@H]1C[C@H]1CCCCCc1c(nc3ccccc3c1OC1CC3CCC(C1)N3)O2)C(=O)NS(=O)(=O)C1(C)CC1. The van der Waals surface area contributed by atoms with E-state index in [-0.39, 0.29) is 56.1 Å². The van der Waals surface area contributed by atoms with Crippen LogP contribution in [0.15, 0.2) is 36.9 Å². The summed E-state index contributed by atoms with van der Waals surface area (Å²) in [6.07, 6.45) is 11.1. The molecule has 1 aromatic carbocycles. The molecule has 62 heavy (non-hydrogen) atoms. The lowest BCUT2D eigenvalue weighted by Crippen LogP contribution is -2.49. The number of hydrogen-bond acceptors (Lipinski definition) is 11. The van der Waals surface area contributed by atoms with Gasteiger partial charge in [0.15, 0.2) is 5.78 Å². The molecular weight excluding hydrogens is 809 g/mol. The minimum atomic E-state index is -3.96. The highest BCUT2D eigenvalue weighted by Crippen LogP contribution is 2.57. The van der Waals surface area contributed by atoms with Crippen molar-refractivity contribution in [2.24, 2.45) is 28.6 Å². The van der Waals surface area contributed by atoms with Crippen LogP contribution in [-0.2, 0) is 40.4 Å². The molecule has 9 rings (SSSR count). The van der Waals surface area contributed by atoms with Crippen molar-refractivity contribution in [3.8, 4) is 11.6 Å². The quantitative estimate of drug-likeness (QED) is 0.209. The standard InChI is InChI=1S/C48H64N4O9S/c1-6-29-25-48(29,45(56)51-62(57,58)47(5)18-19-47)26-39(53)38-23-33-27-52(38)44(55)36(46(2,3)4)24-41(54)61-40-20-28(40)12-8-7-9-14-35-42(59-32-21-30-16-17-31(22-32)49-30)34-13-10-11-15-37(34)50-43(35)60-33/h6,10-11,13,15,28-33,36,38,40,49H,1,7-9,12,14,16-27H2,2-5H3,(H,51,56)/t28-,29-,30?,31?,32?,33-,36-,38+,40-,48-/m1/s1. The van der Waals surface area contributed by atoms with E-state index < -0.39 is 61.5 Å². The molecule has 0 spiro atoms. The lowest BCUT2D eigenvalue weighted by Gasteiger charge is -2.34. The smallest absolute Gasteiger partial charge is 0.306 e. The Balaban J connectivity index is 1.06. The first-order valence-electron chi connectivity index (χ1n) is 23.2. The predicted octanol–water partition coefficient (Wildman–Crippen LogP) is 6.50. The van der Waals surface area contributed by atoms with Crippen LogP contribution in [0.2, 0.25) is 0 Å². The maximum absolute atomic E-state index is 15.0. The number of carbonyl (C=O) groups is 4. The summed E-state index contributed by atoms with van der Waals surface area (Å²) in [6, 6.07) is 7.84. The van der Waals surface area contributed by atoms with Crippen LogP contribution in [0.5, 0.6) is 11.6 Å². The summed E-state index contributed by atoms with van der Waals surface area (Å²) < 4.78 is 47.7. The van der Waals surface area contributed by atoms with E-state index >= 15 is 0 Å². The average molecular weight is 873 g/mol. The third-order valence-corrected chi connectivity index (χ3v) is 17.5. The maximum atomic E-state index is 15.0. The highest BCUT2D eigenvalue weighted by atomic mass is 32.2. The number of Topliss-reactive ketones (excluding diaryl/α,β-unsaturated/α-hetero) is 1. The van der Waals surface area contributed by atoms with Crippen LogP contribution in [0.25, 0.3) is 10.9 Å². The summed E-state index contributed by atoms with van der Waals surface area (Å²) in [5, 5.41) is 4.66. The Kier molecular flexibility index (Phi) is 11.3. The number of aromatic nitrogens is 1. The summed E-state index contributed by atoms with van der Waals surface area (Å²) in [5.74, 6) is -1.55. The Labute approximate surface area is 365 Å². The number of ether oxygens (including phenoxy) is 3. The topological polar surface area (TPSA) is 170 Å². The number of ketones is 1. The van der Waals surface area contributed by atoms with Crippen LogP contribution >= 0.6 is 0 Å². The van der Waals surface area contributed by atoms with Gasteiger partial charge in [-0.05, 0) is 107 Å². The zero-order valence-electron chi connectivity index (χ0n) is 36.8. The van der Waals surface area contributed by atoms with E-state index in [9.17, 15) is 27.6 Å². The number of carbonyl (C=O) groups excluding carboxylic acids is 4. The Morgan fingerprint density at radius 1 is 1.03 bits per heavy atom. The number of pyridine rings is 1. The molecule has 0 radical (unpaired) electrons. The number of esters is 1. The molecule has 4 aliphatic heterocycles. The normalized spacial score (nSPS) is 34.4. The maximum Gasteiger partial charge on any atom is 0.306 e. The number of piperidine rings is 1. The molecule has 1 aromatic heterocycles. The number of sulfonamides is 1. The Bertz CT molecular complexity index is 2240. The Morgan fingerprint density at radius 3 is 2.47 bits per heavy atom. The van der Waals surface area contributed by atoms with Gasteiger partial charge >= 0.3 is 5.97 Å². The fourth-order valence-corrected chi connectivity index (χ4v) is 12.2. The van der Waals surface area contributed by atoms with Crippen LogP contribution in [0, 0.1) is 28.6 Å². The molecule has 2 aromatic rings. The Hall–Kier alpha value is -4.04. The van der Waals surface area contributed by atoms with Gasteiger partial charge in [-0.25, -0.2) is 13.4 Å². The number of benzene rings is 1. The van der Waals surface area contributed by atoms with Crippen molar-refractivity contribution in [1.82, 2.24) is 19.9 Å². The van der Waals surface area contributed by atoms with Crippen molar-refractivity contribution in [2.45, 2.75) is 172 Å². The van der Waals surface area contributed by atoms with Gasteiger partial charge in [0, 0.05) is 30.3 Å². The highest BCUT2D eigenvalue weighted by Gasteiger charge is 2.62. The van der Waals surface area contributed by atoms with Gasteiger partial charge in [0.2, 0.25) is 27.7 Å². The first kappa shape index (κ1) is 43.2. The monoisotopic (exact) mass is 872 g/mol. The van der Waals surface area contributed by atoms with Gasteiger partial charge in [0.05, 0.1) is 46.2 Å². The van der Waals surface area contributed by atoms with Gasteiger partial charge in [-0.3, -0.25) is 23.9 Å². The average Bonchev–Trinajstić information content (AvgIpc) is 4.18. The van der Waals surface area contributed by atoms with Crippen molar-refractivity contribution in [3.63, 3.8) is 0 Å². The molecule has 14 heteroatoms. The van der Waals surface area contributed by atoms with E-state index in [1.54, 1.807) is 17.9 Å². The lowest BCUT2D eigenvalue weighted by molar-refractivity contribution is -0.154. The highest BCUT2D eigenvalue weighted by molar-refractivity contribution is 7.91. The second-order valence-corrected chi connectivity index (χ2v) is 23.2. The van der Waals surface area contributed by atoms with Crippen LogP contribution in [0.3, 0.4) is 0 Å². The van der Waals surface area contributed by atoms with E-state index in [0.717, 1.165) is 80.0 Å². The van der Waals surface area contributed by atoms with Gasteiger partial charge in [-0.15, -0.1) is 6.58 Å². The zero-order valence-corrected chi connectivity index (χ0v) is 37.6. The molecule has 2 N–H and O–H groups in total. The van der Waals surface area contributed by atoms with E-state index in [2.05, 4.69) is 22.7 Å².